The standard InChI is InChI=1S/C13H17F3N4O2.ClH/c1-7-18-11(20-22-7)12(3-2-4-12)19-10(21)8-5-17-6-9(8)13(14,15)16;/h8-9,17H,2-6H2,1H3,(H,19,21);1H/t8-,9-;/m1./s1. The van der Waals surface area contributed by atoms with Crippen molar-refractivity contribution in [3.63, 3.8) is 0 Å². The number of aromatic nitrogens is 2. The van der Waals surface area contributed by atoms with Crippen LogP contribution in [0.5, 0.6) is 0 Å². The molecular formula is C13H18ClF3N4O2. The molecule has 23 heavy (non-hydrogen) atoms. The van der Waals surface area contributed by atoms with Gasteiger partial charge in [-0.3, -0.25) is 4.79 Å². The number of aryl methyl sites for hydroxylation is 1. The summed E-state index contributed by atoms with van der Waals surface area (Å²) >= 11 is 0. The summed E-state index contributed by atoms with van der Waals surface area (Å²) in [7, 11) is 0. The first kappa shape index (κ1) is 18.0. The van der Waals surface area contributed by atoms with Crippen molar-refractivity contribution in [1.29, 1.82) is 0 Å². The van der Waals surface area contributed by atoms with Crippen LogP contribution in [-0.2, 0) is 10.3 Å². The first-order valence-electron chi connectivity index (χ1n) is 7.22. The monoisotopic (exact) mass is 354 g/mol. The Morgan fingerprint density at radius 2 is 2.09 bits per heavy atom. The maximum absolute atomic E-state index is 13.0. The lowest BCUT2D eigenvalue weighted by Gasteiger charge is -2.40. The molecule has 0 spiro atoms. The zero-order valence-electron chi connectivity index (χ0n) is 12.4. The molecule has 1 saturated heterocycles. The molecule has 1 aromatic rings. The Labute approximate surface area is 137 Å². The van der Waals surface area contributed by atoms with Crippen LogP contribution < -0.4 is 10.6 Å². The van der Waals surface area contributed by atoms with E-state index >= 15 is 0 Å². The van der Waals surface area contributed by atoms with E-state index in [1.165, 1.54) is 0 Å². The van der Waals surface area contributed by atoms with E-state index in [4.69, 9.17) is 4.52 Å². The van der Waals surface area contributed by atoms with Gasteiger partial charge in [0.25, 0.3) is 0 Å². The Morgan fingerprint density at radius 3 is 2.57 bits per heavy atom. The molecule has 1 saturated carbocycles. The van der Waals surface area contributed by atoms with Gasteiger partial charge in [-0.15, -0.1) is 12.4 Å². The molecule has 10 heteroatoms. The summed E-state index contributed by atoms with van der Waals surface area (Å²) in [4.78, 5) is 16.5. The van der Waals surface area contributed by atoms with Gasteiger partial charge in [0.05, 0.1) is 11.8 Å². The van der Waals surface area contributed by atoms with Crippen LogP contribution in [0.4, 0.5) is 13.2 Å². The Bertz CT molecular complexity index is 574. The van der Waals surface area contributed by atoms with Crippen LogP contribution in [-0.4, -0.2) is 35.3 Å². The van der Waals surface area contributed by atoms with Gasteiger partial charge in [-0.25, -0.2) is 0 Å². The van der Waals surface area contributed by atoms with E-state index in [1.54, 1.807) is 6.92 Å². The van der Waals surface area contributed by atoms with Crippen molar-refractivity contribution in [2.24, 2.45) is 11.8 Å². The zero-order chi connectivity index (χ0) is 16.0. The molecule has 1 amide bonds. The second-order valence-electron chi connectivity index (χ2n) is 5.97. The Kier molecular flexibility index (Phi) is 4.91. The average Bonchev–Trinajstić information content (AvgIpc) is 3.01. The molecule has 130 valence electrons. The summed E-state index contributed by atoms with van der Waals surface area (Å²) in [5, 5.41) is 9.20. The Hall–Kier alpha value is -1.35. The topological polar surface area (TPSA) is 80.0 Å². The number of nitrogens with zero attached hydrogens (tertiary/aromatic N) is 2. The minimum absolute atomic E-state index is 0. The number of hydrogen-bond acceptors (Lipinski definition) is 5. The van der Waals surface area contributed by atoms with Crippen molar-refractivity contribution in [3.8, 4) is 0 Å². The van der Waals surface area contributed by atoms with Crippen LogP contribution in [0.3, 0.4) is 0 Å². The quantitative estimate of drug-likeness (QED) is 0.863. The van der Waals surface area contributed by atoms with Crippen LogP contribution in [0.2, 0.25) is 0 Å². The molecule has 2 atom stereocenters. The third-order valence-electron chi connectivity index (χ3n) is 4.50. The first-order valence-corrected chi connectivity index (χ1v) is 7.22. The lowest BCUT2D eigenvalue weighted by Crippen LogP contribution is -2.54. The van der Waals surface area contributed by atoms with Crippen molar-refractivity contribution >= 4 is 18.3 Å². The lowest BCUT2D eigenvalue weighted by molar-refractivity contribution is -0.183. The number of nitrogens with one attached hydrogen (secondary N) is 2. The van der Waals surface area contributed by atoms with E-state index in [0.717, 1.165) is 6.42 Å². The highest BCUT2D eigenvalue weighted by atomic mass is 35.5. The molecule has 1 aromatic heterocycles. The van der Waals surface area contributed by atoms with Crippen LogP contribution in [0.15, 0.2) is 4.52 Å². The second-order valence-corrected chi connectivity index (χ2v) is 5.97. The van der Waals surface area contributed by atoms with Crippen LogP contribution in [0.25, 0.3) is 0 Å². The average molecular weight is 355 g/mol. The minimum atomic E-state index is -4.39. The highest BCUT2D eigenvalue weighted by Gasteiger charge is 2.52. The Morgan fingerprint density at radius 1 is 1.39 bits per heavy atom. The molecule has 1 aliphatic carbocycles. The van der Waals surface area contributed by atoms with Crippen molar-refractivity contribution in [2.45, 2.75) is 37.9 Å². The van der Waals surface area contributed by atoms with E-state index in [9.17, 15) is 18.0 Å². The van der Waals surface area contributed by atoms with Crippen molar-refractivity contribution < 1.29 is 22.5 Å². The molecule has 0 unspecified atom stereocenters. The summed E-state index contributed by atoms with van der Waals surface area (Å²) in [6.07, 6.45) is -2.32. The summed E-state index contributed by atoms with van der Waals surface area (Å²) in [5.41, 5.74) is -0.784. The number of hydrogen-bond donors (Lipinski definition) is 2. The highest BCUT2D eigenvalue weighted by molar-refractivity contribution is 5.85. The third kappa shape index (κ3) is 3.30. The van der Waals surface area contributed by atoms with Gasteiger partial charge in [0, 0.05) is 20.0 Å². The molecule has 0 radical (unpaired) electrons. The molecular weight excluding hydrogens is 337 g/mol. The summed E-state index contributed by atoms with van der Waals surface area (Å²) in [5.74, 6) is -2.66. The molecule has 2 heterocycles. The van der Waals surface area contributed by atoms with E-state index < -0.39 is 29.5 Å². The number of alkyl halides is 3. The fourth-order valence-electron chi connectivity index (χ4n) is 3.06. The smallest absolute Gasteiger partial charge is 0.343 e. The fourth-order valence-corrected chi connectivity index (χ4v) is 3.06. The van der Waals surface area contributed by atoms with Crippen molar-refractivity contribution in [2.75, 3.05) is 13.1 Å². The molecule has 2 fully saturated rings. The van der Waals surface area contributed by atoms with E-state index in [1.807, 2.05) is 0 Å². The normalized spacial score (nSPS) is 26.3. The molecule has 2 N–H and O–H groups in total. The van der Waals surface area contributed by atoms with Gasteiger partial charge in [-0.2, -0.15) is 18.2 Å². The molecule has 0 aromatic carbocycles. The van der Waals surface area contributed by atoms with Crippen LogP contribution >= 0.6 is 12.4 Å². The van der Waals surface area contributed by atoms with E-state index in [2.05, 4.69) is 20.8 Å². The second kappa shape index (κ2) is 6.27. The number of rotatable bonds is 3. The van der Waals surface area contributed by atoms with Gasteiger partial charge < -0.3 is 15.2 Å². The zero-order valence-corrected chi connectivity index (χ0v) is 13.3. The third-order valence-corrected chi connectivity index (χ3v) is 4.50. The molecule has 6 nitrogen and oxygen atoms in total. The number of carbonyl (C=O) groups is 1. The Balaban J connectivity index is 0.00000192. The maximum atomic E-state index is 13.0. The van der Waals surface area contributed by atoms with E-state index in [0.29, 0.717) is 24.6 Å². The number of halogens is 4. The predicted molar refractivity (Wildman–Crippen MR) is 75.9 cm³/mol. The SMILES string of the molecule is Cc1nc(C2(NC(=O)[C@@H]3CNC[C@H]3C(F)(F)F)CCC2)no1.Cl. The molecule has 3 rings (SSSR count). The predicted octanol–water partition coefficient (Wildman–Crippen LogP) is 1.69. The van der Waals surface area contributed by atoms with Gasteiger partial charge in [0.2, 0.25) is 11.8 Å². The van der Waals surface area contributed by atoms with Crippen LogP contribution in [0, 0.1) is 18.8 Å². The van der Waals surface area contributed by atoms with Gasteiger partial charge in [-0.1, -0.05) is 5.16 Å². The molecule has 0 bridgehead atoms. The highest BCUT2D eigenvalue weighted by Crippen LogP contribution is 2.41. The fraction of sp³-hybridized carbons (Fsp3) is 0.769. The van der Waals surface area contributed by atoms with Crippen molar-refractivity contribution in [3.05, 3.63) is 11.7 Å². The summed E-state index contributed by atoms with van der Waals surface area (Å²) in [6, 6.07) is 0. The van der Waals surface area contributed by atoms with Gasteiger partial charge in [-0.05, 0) is 19.3 Å². The molecule has 2 aliphatic rings. The van der Waals surface area contributed by atoms with Gasteiger partial charge in [0.1, 0.15) is 5.54 Å². The van der Waals surface area contributed by atoms with Crippen molar-refractivity contribution in [1.82, 2.24) is 20.8 Å². The first-order chi connectivity index (χ1) is 10.3. The molecule has 1 aliphatic heterocycles. The maximum Gasteiger partial charge on any atom is 0.393 e. The van der Waals surface area contributed by atoms with Crippen LogP contribution in [0.1, 0.15) is 31.0 Å². The summed E-state index contributed by atoms with van der Waals surface area (Å²) < 4.78 is 43.8. The van der Waals surface area contributed by atoms with Gasteiger partial charge >= 0.3 is 6.18 Å². The minimum Gasteiger partial charge on any atom is -0.343 e. The summed E-state index contributed by atoms with van der Waals surface area (Å²) in [6.45, 7) is 1.43. The van der Waals surface area contributed by atoms with E-state index in [-0.39, 0.29) is 25.5 Å². The number of carbonyl (C=O) groups excluding carboxylic acids is 1. The van der Waals surface area contributed by atoms with Gasteiger partial charge in [0.15, 0.2) is 5.82 Å². The lowest BCUT2D eigenvalue weighted by atomic mass is 9.75. The largest absolute Gasteiger partial charge is 0.393 e. The number of amides is 1.